The monoisotopic (exact) mass is 301 g/mol. The summed E-state index contributed by atoms with van der Waals surface area (Å²) in [6, 6.07) is 5.90. The maximum Gasteiger partial charge on any atom is 0.139 e. The minimum absolute atomic E-state index is 0.282. The second-order valence-electron chi connectivity index (χ2n) is 4.51. The van der Waals surface area contributed by atoms with Gasteiger partial charge in [0, 0.05) is 36.1 Å². The van der Waals surface area contributed by atoms with Crippen LogP contribution in [0, 0.1) is 0 Å². The second-order valence-corrected chi connectivity index (χ2v) is 4.91. The molecule has 0 spiro atoms. The third kappa shape index (κ3) is 3.08. The molecule has 21 heavy (non-hydrogen) atoms. The zero-order valence-electron chi connectivity index (χ0n) is 12.6. The average Bonchev–Trinajstić information content (AvgIpc) is 2.97. The average molecular weight is 302 g/mol. The van der Waals surface area contributed by atoms with E-state index in [1.54, 1.807) is 12.4 Å². The Labute approximate surface area is 130 Å². The van der Waals surface area contributed by atoms with E-state index in [2.05, 4.69) is 27.9 Å². The molecule has 1 N–H and O–H groups in total. The molecular formula is C17H20ClN3. The Kier molecular flexibility index (Phi) is 5.34. The van der Waals surface area contributed by atoms with E-state index in [0.29, 0.717) is 0 Å². The molecule has 0 saturated heterocycles. The highest BCUT2D eigenvalue weighted by atomic mass is 35.5. The van der Waals surface area contributed by atoms with E-state index in [0.717, 1.165) is 22.5 Å². The lowest BCUT2D eigenvalue weighted by Crippen LogP contribution is -1.99. The SMILES string of the molecule is CC.CCC(c1cccnc1)c1c[nH]c2nccc(Cl)c12. The van der Waals surface area contributed by atoms with Crippen LogP contribution in [0.4, 0.5) is 0 Å². The Balaban J connectivity index is 0.000000774. The molecule has 1 unspecified atom stereocenters. The molecule has 3 aromatic rings. The summed E-state index contributed by atoms with van der Waals surface area (Å²) in [5, 5.41) is 1.75. The van der Waals surface area contributed by atoms with Crippen LogP contribution >= 0.6 is 11.6 Å². The summed E-state index contributed by atoms with van der Waals surface area (Å²) in [4.78, 5) is 11.7. The van der Waals surface area contributed by atoms with E-state index in [9.17, 15) is 0 Å². The number of aromatic nitrogens is 3. The normalized spacial score (nSPS) is 11.8. The number of fused-ring (bicyclic) bond motifs is 1. The Morgan fingerprint density at radius 2 is 2.05 bits per heavy atom. The largest absolute Gasteiger partial charge is 0.346 e. The van der Waals surface area contributed by atoms with Crippen LogP contribution in [0.15, 0.2) is 43.0 Å². The number of halogens is 1. The summed E-state index contributed by atoms with van der Waals surface area (Å²) in [6.07, 6.45) is 8.42. The first kappa shape index (κ1) is 15.5. The van der Waals surface area contributed by atoms with Gasteiger partial charge in [-0.1, -0.05) is 38.4 Å². The summed E-state index contributed by atoms with van der Waals surface area (Å²) in [5.41, 5.74) is 3.22. The predicted molar refractivity (Wildman–Crippen MR) is 88.8 cm³/mol. The van der Waals surface area contributed by atoms with Gasteiger partial charge in [0.2, 0.25) is 0 Å². The molecule has 3 heterocycles. The van der Waals surface area contributed by atoms with Crippen LogP contribution in [0.5, 0.6) is 0 Å². The van der Waals surface area contributed by atoms with Crippen LogP contribution in [0.1, 0.15) is 44.2 Å². The van der Waals surface area contributed by atoms with E-state index in [1.807, 2.05) is 38.4 Å². The van der Waals surface area contributed by atoms with Crippen molar-refractivity contribution in [3.8, 4) is 0 Å². The molecule has 0 aliphatic carbocycles. The van der Waals surface area contributed by atoms with Crippen LogP contribution in [0.25, 0.3) is 11.0 Å². The molecule has 0 amide bonds. The van der Waals surface area contributed by atoms with Crippen LogP contribution < -0.4 is 0 Å². The maximum absolute atomic E-state index is 6.32. The summed E-state index contributed by atoms with van der Waals surface area (Å²) < 4.78 is 0. The molecule has 110 valence electrons. The van der Waals surface area contributed by atoms with Crippen molar-refractivity contribution < 1.29 is 0 Å². The topological polar surface area (TPSA) is 41.6 Å². The lowest BCUT2D eigenvalue weighted by molar-refractivity contribution is 0.778. The highest BCUT2D eigenvalue weighted by Crippen LogP contribution is 2.35. The van der Waals surface area contributed by atoms with Gasteiger partial charge in [-0.3, -0.25) is 4.98 Å². The van der Waals surface area contributed by atoms with Crippen molar-refractivity contribution in [2.75, 3.05) is 0 Å². The molecule has 0 aromatic carbocycles. The molecule has 0 bridgehead atoms. The van der Waals surface area contributed by atoms with Crippen molar-refractivity contribution >= 4 is 22.6 Å². The van der Waals surface area contributed by atoms with Crippen LogP contribution in [0.2, 0.25) is 5.02 Å². The molecule has 0 aliphatic heterocycles. The Morgan fingerprint density at radius 1 is 1.24 bits per heavy atom. The molecule has 3 rings (SSSR count). The lowest BCUT2D eigenvalue weighted by atomic mass is 9.90. The number of nitrogens with one attached hydrogen (secondary N) is 1. The summed E-state index contributed by atoms with van der Waals surface area (Å²) in [7, 11) is 0. The van der Waals surface area contributed by atoms with E-state index in [1.165, 1.54) is 11.1 Å². The Morgan fingerprint density at radius 3 is 2.71 bits per heavy atom. The third-order valence-electron chi connectivity index (χ3n) is 3.42. The molecule has 1 atom stereocenters. The minimum Gasteiger partial charge on any atom is -0.346 e. The van der Waals surface area contributed by atoms with Gasteiger partial charge >= 0.3 is 0 Å². The van der Waals surface area contributed by atoms with Crippen molar-refractivity contribution in [1.82, 2.24) is 15.0 Å². The number of nitrogens with zero attached hydrogens (tertiary/aromatic N) is 2. The summed E-state index contributed by atoms with van der Waals surface area (Å²) >= 11 is 6.32. The van der Waals surface area contributed by atoms with Crippen molar-refractivity contribution in [1.29, 1.82) is 0 Å². The molecule has 0 radical (unpaired) electrons. The second kappa shape index (κ2) is 7.23. The fourth-order valence-electron chi connectivity index (χ4n) is 2.53. The first-order chi connectivity index (χ1) is 10.3. The number of hydrogen-bond acceptors (Lipinski definition) is 2. The van der Waals surface area contributed by atoms with Gasteiger partial charge in [0.15, 0.2) is 0 Å². The van der Waals surface area contributed by atoms with Crippen LogP contribution in [-0.4, -0.2) is 15.0 Å². The summed E-state index contributed by atoms with van der Waals surface area (Å²) in [5.74, 6) is 0.282. The van der Waals surface area contributed by atoms with Crippen molar-refractivity contribution in [2.24, 2.45) is 0 Å². The number of aromatic amines is 1. The third-order valence-corrected chi connectivity index (χ3v) is 3.74. The van der Waals surface area contributed by atoms with Gasteiger partial charge in [-0.15, -0.1) is 0 Å². The summed E-state index contributed by atoms with van der Waals surface area (Å²) in [6.45, 7) is 6.17. The van der Waals surface area contributed by atoms with Gasteiger partial charge in [0.05, 0.1) is 5.02 Å². The standard InChI is InChI=1S/C15H14ClN3.C2H6/c1-2-11(10-4-3-6-17-8-10)12-9-19-15-14(12)13(16)5-7-18-15;1-2/h3-9,11H,2H2,1H3,(H,18,19);1-2H3. The molecule has 0 saturated carbocycles. The number of H-pyrrole nitrogens is 1. The zero-order chi connectivity index (χ0) is 15.2. The van der Waals surface area contributed by atoms with Gasteiger partial charge in [-0.05, 0) is 29.7 Å². The van der Waals surface area contributed by atoms with Gasteiger partial charge in [-0.2, -0.15) is 0 Å². The lowest BCUT2D eigenvalue weighted by Gasteiger charge is -2.14. The van der Waals surface area contributed by atoms with Crippen molar-refractivity contribution in [2.45, 2.75) is 33.1 Å². The Bertz CT molecular complexity index is 692. The molecule has 4 heteroatoms. The van der Waals surface area contributed by atoms with Gasteiger partial charge in [0.1, 0.15) is 5.65 Å². The molecule has 3 nitrogen and oxygen atoms in total. The van der Waals surface area contributed by atoms with Gasteiger partial charge < -0.3 is 4.98 Å². The van der Waals surface area contributed by atoms with E-state index in [-0.39, 0.29) is 5.92 Å². The Hall–Kier alpha value is -1.87. The molecule has 3 aromatic heterocycles. The molecular weight excluding hydrogens is 282 g/mol. The fraction of sp³-hybridized carbons (Fsp3) is 0.294. The smallest absolute Gasteiger partial charge is 0.139 e. The van der Waals surface area contributed by atoms with Crippen molar-refractivity contribution in [3.63, 3.8) is 0 Å². The van der Waals surface area contributed by atoms with Crippen LogP contribution in [0.3, 0.4) is 0 Å². The molecule has 0 fully saturated rings. The first-order valence-corrected chi connectivity index (χ1v) is 7.70. The minimum atomic E-state index is 0.282. The highest BCUT2D eigenvalue weighted by molar-refractivity contribution is 6.35. The quantitative estimate of drug-likeness (QED) is 0.724. The predicted octanol–water partition coefficient (Wildman–Crippen LogP) is 5.18. The molecule has 0 aliphatic rings. The highest BCUT2D eigenvalue weighted by Gasteiger charge is 2.18. The van der Waals surface area contributed by atoms with Gasteiger partial charge in [-0.25, -0.2) is 4.98 Å². The van der Waals surface area contributed by atoms with E-state index in [4.69, 9.17) is 11.6 Å². The zero-order valence-corrected chi connectivity index (χ0v) is 13.4. The number of pyridine rings is 2. The van der Waals surface area contributed by atoms with E-state index >= 15 is 0 Å². The van der Waals surface area contributed by atoms with Gasteiger partial charge in [0.25, 0.3) is 0 Å². The maximum atomic E-state index is 6.32. The first-order valence-electron chi connectivity index (χ1n) is 7.32. The van der Waals surface area contributed by atoms with Crippen LogP contribution in [-0.2, 0) is 0 Å². The van der Waals surface area contributed by atoms with Crippen molar-refractivity contribution in [3.05, 3.63) is 59.1 Å². The van der Waals surface area contributed by atoms with E-state index < -0.39 is 0 Å². The number of rotatable bonds is 3. The number of hydrogen-bond donors (Lipinski definition) is 1. The fourth-order valence-corrected chi connectivity index (χ4v) is 2.79.